The maximum Gasteiger partial charge on any atom is 0.191 e. The van der Waals surface area contributed by atoms with Crippen molar-refractivity contribution >= 4 is 23.4 Å². The van der Waals surface area contributed by atoms with E-state index in [1.807, 2.05) is 19.4 Å². The van der Waals surface area contributed by atoms with E-state index >= 15 is 0 Å². The molecule has 5 nitrogen and oxygen atoms in total. The standard InChI is InChI=1S/C12H22N4OS/c1-5-13-10-9-11(15-12(14-10)18-4)16(2)7-6-8-17-3/h9H,5-8H2,1-4H3,(H,13,14,15). The molecule has 0 atom stereocenters. The molecule has 1 heterocycles. The monoisotopic (exact) mass is 270 g/mol. The van der Waals surface area contributed by atoms with Crippen molar-refractivity contribution in [1.82, 2.24) is 9.97 Å². The van der Waals surface area contributed by atoms with Crippen molar-refractivity contribution < 1.29 is 4.74 Å². The van der Waals surface area contributed by atoms with Crippen LogP contribution in [-0.2, 0) is 4.74 Å². The third kappa shape index (κ3) is 4.70. The number of thioether (sulfide) groups is 1. The number of hydrogen-bond donors (Lipinski definition) is 1. The number of hydrogen-bond acceptors (Lipinski definition) is 6. The average Bonchev–Trinajstić information content (AvgIpc) is 2.39. The van der Waals surface area contributed by atoms with Crippen molar-refractivity contribution in [3.05, 3.63) is 6.07 Å². The predicted octanol–water partition coefficient (Wildman–Crippen LogP) is 2.10. The van der Waals surface area contributed by atoms with Gasteiger partial charge in [-0.3, -0.25) is 0 Å². The molecule has 0 aliphatic rings. The predicted molar refractivity (Wildman–Crippen MR) is 77.7 cm³/mol. The second kappa shape index (κ2) is 8.16. The lowest BCUT2D eigenvalue weighted by Gasteiger charge is -2.19. The number of methoxy groups -OCH3 is 1. The summed E-state index contributed by atoms with van der Waals surface area (Å²) in [6.45, 7) is 4.61. The van der Waals surface area contributed by atoms with Gasteiger partial charge in [0.2, 0.25) is 0 Å². The van der Waals surface area contributed by atoms with Gasteiger partial charge in [-0.2, -0.15) is 0 Å². The van der Waals surface area contributed by atoms with E-state index in [1.54, 1.807) is 18.9 Å². The fourth-order valence-electron chi connectivity index (χ4n) is 1.53. The highest BCUT2D eigenvalue weighted by molar-refractivity contribution is 7.98. The molecule has 1 N–H and O–H groups in total. The van der Waals surface area contributed by atoms with E-state index in [0.717, 1.165) is 42.9 Å². The lowest BCUT2D eigenvalue weighted by Crippen LogP contribution is -2.21. The number of nitrogens with zero attached hydrogens (tertiary/aromatic N) is 3. The van der Waals surface area contributed by atoms with Gasteiger partial charge in [-0.05, 0) is 19.6 Å². The van der Waals surface area contributed by atoms with E-state index < -0.39 is 0 Å². The molecule has 6 heteroatoms. The lowest BCUT2D eigenvalue weighted by molar-refractivity contribution is 0.196. The molecule has 0 aliphatic carbocycles. The third-order valence-electron chi connectivity index (χ3n) is 2.47. The molecule has 0 unspecified atom stereocenters. The van der Waals surface area contributed by atoms with Gasteiger partial charge in [0.05, 0.1) is 0 Å². The van der Waals surface area contributed by atoms with Crippen molar-refractivity contribution in [2.75, 3.05) is 50.3 Å². The number of aromatic nitrogens is 2. The van der Waals surface area contributed by atoms with Crippen molar-refractivity contribution in [2.24, 2.45) is 0 Å². The summed E-state index contributed by atoms with van der Waals surface area (Å²) in [7, 11) is 3.76. The minimum Gasteiger partial charge on any atom is -0.385 e. The minimum atomic E-state index is 0.769. The van der Waals surface area contributed by atoms with E-state index in [1.165, 1.54) is 0 Å². The molecule has 1 rings (SSSR count). The SMILES string of the molecule is CCNc1cc(N(C)CCCOC)nc(SC)n1. The normalized spacial score (nSPS) is 10.4. The molecule has 0 fully saturated rings. The molecule has 0 aromatic carbocycles. The molecule has 0 saturated heterocycles. The van der Waals surface area contributed by atoms with Gasteiger partial charge in [0.25, 0.3) is 0 Å². The van der Waals surface area contributed by atoms with E-state index in [-0.39, 0.29) is 0 Å². The Morgan fingerprint density at radius 1 is 1.44 bits per heavy atom. The molecule has 0 amide bonds. The smallest absolute Gasteiger partial charge is 0.191 e. The maximum atomic E-state index is 5.06. The first-order valence-electron chi connectivity index (χ1n) is 6.08. The Morgan fingerprint density at radius 3 is 2.83 bits per heavy atom. The maximum absolute atomic E-state index is 5.06. The third-order valence-corrected chi connectivity index (χ3v) is 3.01. The van der Waals surface area contributed by atoms with Gasteiger partial charge in [0.1, 0.15) is 11.6 Å². The van der Waals surface area contributed by atoms with Gasteiger partial charge < -0.3 is 15.0 Å². The van der Waals surface area contributed by atoms with Crippen LogP contribution < -0.4 is 10.2 Å². The molecular weight excluding hydrogens is 248 g/mol. The molecule has 0 bridgehead atoms. The summed E-state index contributed by atoms with van der Waals surface area (Å²) in [5.74, 6) is 1.83. The van der Waals surface area contributed by atoms with Gasteiger partial charge in [0, 0.05) is 39.9 Å². The van der Waals surface area contributed by atoms with Crippen LogP contribution in [0.25, 0.3) is 0 Å². The second-order valence-electron chi connectivity index (χ2n) is 3.90. The Labute approximate surface area is 113 Å². The van der Waals surface area contributed by atoms with Gasteiger partial charge in [-0.15, -0.1) is 0 Å². The molecule has 1 aromatic rings. The summed E-state index contributed by atoms with van der Waals surface area (Å²) in [6, 6.07) is 1.98. The number of nitrogens with one attached hydrogen (secondary N) is 1. The summed E-state index contributed by atoms with van der Waals surface area (Å²) in [5, 5.41) is 4.02. The number of ether oxygens (including phenoxy) is 1. The fourth-order valence-corrected chi connectivity index (χ4v) is 1.91. The summed E-state index contributed by atoms with van der Waals surface area (Å²) >= 11 is 1.56. The molecule has 0 spiro atoms. The molecule has 18 heavy (non-hydrogen) atoms. The first kappa shape index (κ1) is 15.0. The average molecular weight is 270 g/mol. The van der Waals surface area contributed by atoms with Crippen LogP contribution in [0.2, 0.25) is 0 Å². The van der Waals surface area contributed by atoms with Gasteiger partial charge in [-0.1, -0.05) is 11.8 Å². The zero-order valence-electron chi connectivity index (χ0n) is 11.6. The van der Waals surface area contributed by atoms with E-state index in [0.29, 0.717) is 0 Å². The van der Waals surface area contributed by atoms with E-state index in [4.69, 9.17) is 4.74 Å². The number of rotatable bonds is 8. The number of anilines is 2. The van der Waals surface area contributed by atoms with Crippen LogP contribution in [0.5, 0.6) is 0 Å². The lowest BCUT2D eigenvalue weighted by atomic mass is 10.4. The van der Waals surface area contributed by atoms with Crippen molar-refractivity contribution in [2.45, 2.75) is 18.5 Å². The van der Waals surface area contributed by atoms with Crippen LogP contribution in [0.1, 0.15) is 13.3 Å². The second-order valence-corrected chi connectivity index (χ2v) is 4.67. The Kier molecular flexibility index (Phi) is 6.82. The zero-order valence-corrected chi connectivity index (χ0v) is 12.4. The van der Waals surface area contributed by atoms with Crippen molar-refractivity contribution in [1.29, 1.82) is 0 Å². The summed E-state index contributed by atoms with van der Waals surface area (Å²) in [4.78, 5) is 11.0. The summed E-state index contributed by atoms with van der Waals surface area (Å²) in [6.07, 6.45) is 2.97. The topological polar surface area (TPSA) is 50.3 Å². The van der Waals surface area contributed by atoms with Crippen LogP contribution in [0.4, 0.5) is 11.6 Å². The van der Waals surface area contributed by atoms with Crippen LogP contribution in [-0.4, -0.2) is 50.1 Å². The first-order chi connectivity index (χ1) is 8.71. The molecule has 1 aromatic heterocycles. The summed E-state index contributed by atoms with van der Waals surface area (Å²) < 4.78 is 5.06. The Morgan fingerprint density at radius 2 is 2.22 bits per heavy atom. The quantitative estimate of drug-likeness (QED) is 0.443. The van der Waals surface area contributed by atoms with Crippen LogP contribution in [0.3, 0.4) is 0 Å². The highest BCUT2D eigenvalue weighted by Crippen LogP contribution is 2.19. The van der Waals surface area contributed by atoms with Crippen LogP contribution in [0.15, 0.2) is 11.2 Å². The molecule has 0 saturated carbocycles. The van der Waals surface area contributed by atoms with E-state index in [9.17, 15) is 0 Å². The Bertz CT molecular complexity index is 362. The van der Waals surface area contributed by atoms with Gasteiger partial charge in [0.15, 0.2) is 5.16 Å². The fraction of sp³-hybridized carbons (Fsp3) is 0.667. The van der Waals surface area contributed by atoms with E-state index in [2.05, 4.69) is 27.1 Å². The summed E-state index contributed by atoms with van der Waals surface area (Å²) in [5.41, 5.74) is 0. The van der Waals surface area contributed by atoms with Crippen molar-refractivity contribution in [3.8, 4) is 0 Å². The van der Waals surface area contributed by atoms with Crippen molar-refractivity contribution in [3.63, 3.8) is 0 Å². The van der Waals surface area contributed by atoms with Crippen LogP contribution in [0, 0.1) is 0 Å². The highest BCUT2D eigenvalue weighted by atomic mass is 32.2. The van der Waals surface area contributed by atoms with Crippen LogP contribution >= 0.6 is 11.8 Å². The minimum absolute atomic E-state index is 0.769. The largest absolute Gasteiger partial charge is 0.385 e. The Balaban J connectivity index is 2.75. The zero-order chi connectivity index (χ0) is 13.4. The van der Waals surface area contributed by atoms with Gasteiger partial charge in [-0.25, -0.2) is 9.97 Å². The molecule has 102 valence electrons. The Hall–Kier alpha value is -1.01. The van der Waals surface area contributed by atoms with Gasteiger partial charge >= 0.3 is 0 Å². The molecule has 0 aliphatic heterocycles. The molecule has 0 radical (unpaired) electrons. The highest BCUT2D eigenvalue weighted by Gasteiger charge is 2.07. The first-order valence-corrected chi connectivity index (χ1v) is 7.30. The molecular formula is C12H22N4OS.